The molecule has 0 saturated carbocycles. The topological polar surface area (TPSA) is 86.6 Å². The predicted molar refractivity (Wildman–Crippen MR) is 69.0 cm³/mol. The number of hydrogen-bond acceptors (Lipinski definition) is 4. The molecule has 0 saturated heterocycles. The van der Waals surface area contributed by atoms with Gasteiger partial charge in [-0.1, -0.05) is 6.92 Å². The van der Waals surface area contributed by atoms with Gasteiger partial charge in [0.1, 0.15) is 6.04 Å². The molecule has 0 aromatic carbocycles. The Kier molecular flexibility index (Phi) is 5.30. The number of rotatable bonds is 6. The van der Waals surface area contributed by atoms with E-state index in [2.05, 4.69) is 5.32 Å². The molecule has 0 unspecified atom stereocenters. The van der Waals surface area contributed by atoms with E-state index < -0.39 is 17.9 Å². The molecule has 0 radical (unpaired) electrons. The minimum Gasteiger partial charge on any atom is -0.480 e. The van der Waals surface area contributed by atoms with Gasteiger partial charge in [0.2, 0.25) is 0 Å². The molecule has 1 atom stereocenters. The number of aliphatic hydroxyl groups is 1. The number of carbonyl (C=O) groups excluding carboxylic acids is 1. The van der Waals surface area contributed by atoms with Crippen LogP contribution in [0.15, 0.2) is 6.07 Å². The van der Waals surface area contributed by atoms with Crippen molar-refractivity contribution in [2.45, 2.75) is 32.7 Å². The normalized spacial score (nSPS) is 12.2. The van der Waals surface area contributed by atoms with Gasteiger partial charge in [-0.2, -0.15) is 0 Å². The Labute approximate surface area is 109 Å². The van der Waals surface area contributed by atoms with Gasteiger partial charge in [0.25, 0.3) is 5.91 Å². The largest absolute Gasteiger partial charge is 0.480 e. The van der Waals surface area contributed by atoms with Crippen LogP contribution in [0, 0.1) is 6.92 Å². The molecule has 0 aliphatic rings. The molecule has 1 aromatic rings. The lowest BCUT2D eigenvalue weighted by molar-refractivity contribution is -0.139. The number of carbonyl (C=O) groups is 2. The smallest absolute Gasteiger partial charge is 0.326 e. The molecule has 0 aliphatic carbocycles. The van der Waals surface area contributed by atoms with Gasteiger partial charge < -0.3 is 15.5 Å². The van der Waals surface area contributed by atoms with E-state index in [9.17, 15) is 9.59 Å². The maximum absolute atomic E-state index is 11.9. The number of aliphatic carboxylic acids is 1. The van der Waals surface area contributed by atoms with Gasteiger partial charge >= 0.3 is 5.97 Å². The Bertz CT molecular complexity index is 441. The van der Waals surface area contributed by atoms with Crippen LogP contribution < -0.4 is 5.32 Å². The highest BCUT2D eigenvalue weighted by Crippen LogP contribution is 2.22. The van der Waals surface area contributed by atoms with Crippen molar-refractivity contribution < 1.29 is 19.8 Å². The van der Waals surface area contributed by atoms with Crippen LogP contribution in [0.5, 0.6) is 0 Å². The first-order valence-corrected chi connectivity index (χ1v) is 6.55. The third kappa shape index (κ3) is 3.54. The summed E-state index contributed by atoms with van der Waals surface area (Å²) < 4.78 is 0. The number of hydrogen-bond donors (Lipinski definition) is 3. The minimum atomic E-state index is -1.14. The second-order valence-corrected chi connectivity index (χ2v) is 5.18. The number of nitrogens with one attached hydrogen (secondary N) is 1. The van der Waals surface area contributed by atoms with Crippen LogP contribution in [0.3, 0.4) is 0 Å². The number of carboxylic acid groups (broad SMARTS) is 1. The van der Waals surface area contributed by atoms with Crippen molar-refractivity contribution in [3.05, 3.63) is 21.4 Å². The first-order chi connectivity index (χ1) is 8.49. The maximum atomic E-state index is 11.9. The number of aryl methyl sites for hydroxylation is 2. The average molecular weight is 271 g/mol. The van der Waals surface area contributed by atoms with Crippen molar-refractivity contribution in [3.63, 3.8) is 0 Å². The van der Waals surface area contributed by atoms with E-state index in [1.54, 1.807) is 6.07 Å². The van der Waals surface area contributed by atoms with Gasteiger partial charge in [-0.25, -0.2) is 4.79 Å². The predicted octanol–water partition coefficient (Wildman–Crippen LogP) is 1.18. The van der Waals surface area contributed by atoms with E-state index in [0.717, 1.165) is 16.9 Å². The van der Waals surface area contributed by atoms with Crippen molar-refractivity contribution in [2.24, 2.45) is 0 Å². The molecular formula is C12H17NO4S. The van der Waals surface area contributed by atoms with E-state index in [4.69, 9.17) is 10.2 Å². The quantitative estimate of drug-likeness (QED) is 0.725. The van der Waals surface area contributed by atoms with Crippen molar-refractivity contribution in [1.82, 2.24) is 5.32 Å². The van der Waals surface area contributed by atoms with Crippen molar-refractivity contribution in [2.75, 3.05) is 6.61 Å². The number of aliphatic hydroxyl groups excluding tert-OH is 1. The van der Waals surface area contributed by atoms with Crippen LogP contribution in [0.1, 0.15) is 33.5 Å². The summed E-state index contributed by atoms with van der Waals surface area (Å²) in [6.45, 7) is 3.66. The third-order valence-corrected chi connectivity index (χ3v) is 3.74. The fourth-order valence-electron chi connectivity index (χ4n) is 1.60. The maximum Gasteiger partial charge on any atom is 0.326 e. The highest BCUT2D eigenvalue weighted by molar-refractivity contribution is 7.14. The molecule has 100 valence electrons. The summed E-state index contributed by atoms with van der Waals surface area (Å²) in [6.07, 6.45) is 0.848. The molecule has 5 nitrogen and oxygen atoms in total. The Morgan fingerprint density at radius 3 is 2.61 bits per heavy atom. The first kappa shape index (κ1) is 14.7. The molecule has 0 spiro atoms. The van der Waals surface area contributed by atoms with E-state index in [1.165, 1.54) is 11.3 Å². The van der Waals surface area contributed by atoms with Gasteiger partial charge in [-0.15, -0.1) is 11.3 Å². The monoisotopic (exact) mass is 271 g/mol. The van der Waals surface area contributed by atoms with Gasteiger partial charge in [0.05, 0.1) is 4.88 Å². The molecule has 1 heterocycles. The van der Waals surface area contributed by atoms with Crippen LogP contribution in [-0.4, -0.2) is 34.7 Å². The third-order valence-electron chi connectivity index (χ3n) is 2.65. The fraction of sp³-hybridized carbons (Fsp3) is 0.500. The fourth-order valence-corrected chi connectivity index (χ4v) is 2.62. The second-order valence-electron chi connectivity index (χ2n) is 3.92. The van der Waals surface area contributed by atoms with Crippen molar-refractivity contribution in [1.29, 1.82) is 0 Å². The Morgan fingerprint density at radius 2 is 2.17 bits per heavy atom. The van der Waals surface area contributed by atoms with Gasteiger partial charge in [-0.05, 0) is 25.0 Å². The number of thiophene rings is 1. The first-order valence-electron chi connectivity index (χ1n) is 5.73. The summed E-state index contributed by atoms with van der Waals surface area (Å²) in [6, 6.07) is 0.739. The summed E-state index contributed by atoms with van der Waals surface area (Å²) >= 11 is 1.35. The Balaban J connectivity index is 2.77. The lowest BCUT2D eigenvalue weighted by Crippen LogP contribution is -2.41. The van der Waals surface area contributed by atoms with E-state index in [1.807, 2.05) is 13.8 Å². The molecule has 0 fully saturated rings. The molecule has 3 N–H and O–H groups in total. The second kappa shape index (κ2) is 6.51. The Hall–Kier alpha value is -1.40. The lowest BCUT2D eigenvalue weighted by Gasteiger charge is -2.12. The summed E-state index contributed by atoms with van der Waals surface area (Å²) in [5.41, 5.74) is 1.10. The summed E-state index contributed by atoms with van der Waals surface area (Å²) in [7, 11) is 0. The SMILES string of the molecule is CCc1cc(C(=O)N[C@@H](CCO)C(=O)O)sc1C. The highest BCUT2D eigenvalue weighted by Gasteiger charge is 2.21. The highest BCUT2D eigenvalue weighted by atomic mass is 32.1. The molecule has 0 aliphatic heterocycles. The molecule has 1 rings (SSSR count). The molecular weight excluding hydrogens is 254 g/mol. The van der Waals surface area contributed by atoms with Crippen LogP contribution in [0.2, 0.25) is 0 Å². The molecule has 6 heteroatoms. The molecule has 18 heavy (non-hydrogen) atoms. The zero-order valence-corrected chi connectivity index (χ0v) is 11.2. The number of amides is 1. The number of carboxylic acids is 1. The zero-order chi connectivity index (χ0) is 13.7. The van der Waals surface area contributed by atoms with Crippen molar-refractivity contribution >= 4 is 23.2 Å². The van der Waals surface area contributed by atoms with Crippen LogP contribution >= 0.6 is 11.3 Å². The molecule has 0 bridgehead atoms. The summed E-state index contributed by atoms with van der Waals surface area (Å²) in [5, 5.41) is 20.0. The van der Waals surface area contributed by atoms with Crippen molar-refractivity contribution in [3.8, 4) is 0 Å². The van der Waals surface area contributed by atoms with Crippen LogP contribution in [-0.2, 0) is 11.2 Å². The zero-order valence-electron chi connectivity index (χ0n) is 10.4. The average Bonchev–Trinajstić information content (AvgIpc) is 2.69. The molecule has 1 aromatic heterocycles. The summed E-state index contributed by atoms with van der Waals surface area (Å²) in [4.78, 5) is 24.3. The van der Waals surface area contributed by atoms with Gasteiger partial charge in [0, 0.05) is 17.9 Å². The van der Waals surface area contributed by atoms with Gasteiger partial charge in [-0.3, -0.25) is 4.79 Å². The van der Waals surface area contributed by atoms with Crippen LogP contribution in [0.25, 0.3) is 0 Å². The van der Waals surface area contributed by atoms with E-state index >= 15 is 0 Å². The standard InChI is InChI=1S/C12H17NO4S/c1-3-8-6-10(18-7(8)2)11(15)13-9(4-5-14)12(16)17/h6,9,14H,3-5H2,1-2H3,(H,13,15)(H,16,17)/t9-/m0/s1. The minimum absolute atomic E-state index is 0.00602. The summed E-state index contributed by atoms with van der Waals surface area (Å²) in [5.74, 6) is -1.54. The van der Waals surface area contributed by atoms with E-state index in [-0.39, 0.29) is 13.0 Å². The van der Waals surface area contributed by atoms with Crippen LogP contribution in [0.4, 0.5) is 0 Å². The molecule has 1 amide bonds. The Morgan fingerprint density at radius 1 is 1.50 bits per heavy atom. The van der Waals surface area contributed by atoms with E-state index in [0.29, 0.717) is 4.88 Å². The lowest BCUT2D eigenvalue weighted by atomic mass is 10.2. The van der Waals surface area contributed by atoms with Gasteiger partial charge in [0.15, 0.2) is 0 Å².